The number of halogens is 2. The van der Waals surface area contributed by atoms with Crippen LogP contribution in [0, 0.1) is 0 Å². The van der Waals surface area contributed by atoms with Crippen molar-refractivity contribution in [1.29, 1.82) is 0 Å². The molecule has 0 aliphatic carbocycles. The van der Waals surface area contributed by atoms with Gasteiger partial charge < -0.3 is 20.3 Å². The lowest BCUT2D eigenvalue weighted by atomic mass is 10.2. The predicted molar refractivity (Wildman–Crippen MR) is 96.0 cm³/mol. The van der Waals surface area contributed by atoms with Gasteiger partial charge in [0.1, 0.15) is 16.7 Å². The summed E-state index contributed by atoms with van der Waals surface area (Å²) >= 11 is 13.3. The minimum Gasteiger partial charge on any atom is -0.489 e. The second kappa shape index (κ2) is 8.33. The van der Waals surface area contributed by atoms with Crippen LogP contribution >= 0.6 is 35.0 Å². The molecule has 0 radical (unpaired) electrons. The number of anilines is 1. The smallest absolute Gasteiger partial charge is 0.319 e. The van der Waals surface area contributed by atoms with Crippen LogP contribution < -0.4 is 10.1 Å². The molecule has 0 saturated carbocycles. The van der Waals surface area contributed by atoms with Crippen LogP contribution in [-0.2, 0) is 4.79 Å². The third-order valence-electron chi connectivity index (χ3n) is 2.82. The maximum absolute atomic E-state index is 11.1. The molecule has 0 heterocycles. The highest BCUT2D eigenvalue weighted by molar-refractivity contribution is 8.01. The number of aliphatic hydroxyl groups excluding tert-OH is 1. The minimum absolute atomic E-state index is 0.0571. The van der Waals surface area contributed by atoms with Crippen molar-refractivity contribution in [2.24, 2.45) is 0 Å². The Hall–Kier alpha value is -0.820. The number of rotatable bonds is 8. The van der Waals surface area contributed by atoms with Crippen LogP contribution in [-0.4, -0.2) is 39.0 Å². The van der Waals surface area contributed by atoms with Crippen molar-refractivity contribution in [3.63, 3.8) is 0 Å². The fraction of sp³-hybridized carbons (Fsp3) is 0.533. The zero-order valence-corrected chi connectivity index (χ0v) is 15.7. The van der Waals surface area contributed by atoms with Gasteiger partial charge in [-0.25, -0.2) is 0 Å². The fourth-order valence-corrected chi connectivity index (χ4v) is 2.82. The summed E-state index contributed by atoms with van der Waals surface area (Å²) in [5.74, 6) is -0.301. The maximum Gasteiger partial charge on any atom is 0.319 e. The Morgan fingerprint density at radius 1 is 1.35 bits per heavy atom. The molecule has 0 aromatic heterocycles. The van der Waals surface area contributed by atoms with E-state index in [0.717, 1.165) is 11.8 Å². The number of thioether (sulfide) groups is 1. The quantitative estimate of drug-likeness (QED) is 0.588. The van der Waals surface area contributed by atoms with Crippen molar-refractivity contribution in [3.8, 4) is 5.75 Å². The zero-order valence-electron chi connectivity index (χ0n) is 13.4. The van der Waals surface area contributed by atoms with Crippen molar-refractivity contribution >= 4 is 46.6 Å². The van der Waals surface area contributed by atoms with Crippen LogP contribution in [0.1, 0.15) is 27.7 Å². The van der Waals surface area contributed by atoms with Crippen LogP contribution in [0.5, 0.6) is 5.75 Å². The Labute approximate surface area is 150 Å². The number of ether oxygens (including phenoxy) is 1. The van der Waals surface area contributed by atoms with E-state index in [9.17, 15) is 9.90 Å². The average Bonchev–Trinajstić information content (AvgIpc) is 2.41. The fourth-order valence-electron chi connectivity index (χ4n) is 1.55. The van der Waals surface area contributed by atoms with Crippen LogP contribution in [0.4, 0.5) is 5.69 Å². The van der Waals surface area contributed by atoms with Crippen molar-refractivity contribution in [3.05, 3.63) is 22.2 Å². The first-order valence-electron chi connectivity index (χ1n) is 7.00. The molecule has 0 bridgehead atoms. The summed E-state index contributed by atoms with van der Waals surface area (Å²) in [4.78, 5) is 11.1. The average molecular weight is 382 g/mol. The summed E-state index contributed by atoms with van der Waals surface area (Å²) in [7, 11) is 0. The van der Waals surface area contributed by atoms with E-state index >= 15 is 0 Å². The van der Waals surface area contributed by atoms with Gasteiger partial charge in [-0.05, 0) is 33.8 Å². The maximum atomic E-state index is 11.1. The topological polar surface area (TPSA) is 78.8 Å². The van der Waals surface area contributed by atoms with E-state index in [2.05, 4.69) is 5.32 Å². The normalized spacial score (nSPS) is 13.0. The van der Waals surface area contributed by atoms with Gasteiger partial charge in [0.15, 0.2) is 0 Å². The van der Waals surface area contributed by atoms with Crippen LogP contribution in [0.15, 0.2) is 12.1 Å². The van der Waals surface area contributed by atoms with Crippen molar-refractivity contribution in [2.45, 2.75) is 44.8 Å². The summed E-state index contributed by atoms with van der Waals surface area (Å²) < 4.78 is 4.59. The molecule has 0 spiro atoms. The number of hydrogen-bond donors (Lipinski definition) is 3. The SMILES string of the molecule is CC(C)Oc1cc(NC(O)CSC(C)(C)C(=O)O)c(Cl)cc1Cl. The van der Waals surface area contributed by atoms with Crippen LogP contribution in [0.25, 0.3) is 0 Å². The second-order valence-corrected chi connectivity index (χ2v) is 8.17. The van der Waals surface area contributed by atoms with Gasteiger partial charge in [-0.15, -0.1) is 11.8 Å². The second-order valence-electron chi connectivity index (χ2n) is 5.72. The molecule has 1 atom stereocenters. The van der Waals surface area contributed by atoms with E-state index < -0.39 is 16.9 Å². The number of carbonyl (C=O) groups is 1. The third-order valence-corrected chi connectivity index (χ3v) is 4.81. The van der Waals surface area contributed by atoms with Gasteiger partial charge in [-0.3, -0.25) is 4.79 Å². The van der Waals surface area contributed by atoms with Gasteiger partial charge in [0.2, 0.25) is 0 Å². The minimum atomic E-state index is -0.988. The molecule has 0 saturated heterocycles. The van der Waals surface area contributed by atoms with E-state index in [1.165, 1.54) is 6.07 Å². The highest BCUT2D eigenvalue weighted by atomic mass is 35.5. The Kier molecular flexibility index (Phi) is 7.32. The molecule has 0 aliphatic heterocycles. The monoisotopic (exact) mass is 381 g/mol. The molecule has 3 N–H and O–H groups in total. The first-order valence-corrected chi connectivity index (χ1v) is 8.74. The van der Waals surface area contributed by atoms with E-state index in [1.807, 2.05) is 13.8 Å². The Bertz CT molecular complexity index is 567. The molecular formula is C15H21Cl2NO4S. The van der Waals surface area contributed by atoms with Crippen LogP contribution in [0.2, 0.25) is 10.0 Å². The standard InChI is InChI=1S/C15H21Cl2NO4S/c1-8(2)22-12-6-11(9(16)5-10(12)17)18-13(19)7-23-15(3,4)14(20)21/h5-6,8,13,18-19H,7H2,1-4H3,(H,20,21). The number of aliphatic hydroxyl groups is 1. The lowest BCUT2D eigenvalue weighted by Gasteiger charge is -2.22. The summed E-state index contributed by atoms with van der Waals surface area (Å²) in [5.41, 5.74) is 0.466. The van der Waals surface area contributed by atoms with Gasteiger partial charge in [-0.2, -0.15) is 0 Å². The number of carboxylic acid groups (broad SMARTS) is 1. The molecule has 5 nitrogen and oxygen atoms in total. The molecule has 1 aromatic rings. The van der Waals surface area contributed by atoms with E-state index in [4.69, 9.17) is 33.0 Å². The van der Waals surface area contributed by atoms with Gasteiger partial charge in [0.25, 0.3) is 0 Å². The molecule has 1 unspecified atom stereocenters. The molecule has 0 aliphatic rings. The van der Waals surface area contributed by atoms with Crippen LogP contribution in [0.3, 0.4) is 0 Å². The summed E-state index contributed by atoms with van der Waals surface area (Å²) in [6.45, 7) is 6.90. The summed E-state index contributed by atoms with van der Waals surface area (Å²) in [5, 5.41) is 22.7. The molecule has 130 valence electrons. The van der Waals surface area contributed by atoms with Gasteiger partial charge in [0, 0.05) is 11.8 Å². The molecule has 1 aromatic carbocycles. The van der Waals surface area contributed by atoms with E-state index in [1.54, 1.807) is 19.9 Å². The molecule has 23 heavy (non-hydrogen) atoms. The summed E-state index contributed by atoms with van der Waals surface area (Å²) in [6, 6.07) is 3.14. The van der Waals surface area contributed by atoms with Crippen molar-refractivity contribution in [2.75, 3.05) is 11.1 Å². The Morgan fingerprint density at radius 2 is 1.96 bits per heavy atom. The number of nitrogens with one attached hydrogen (secondary N) is 1. The first kappa shape index (κ1) is 20.2. The Morgan fingerprint density at radius 3 is 2.48 bits per heavy atom. The van der Waals surface area contributed by atoms with Crippen molar-refractivity contribution < 1.29 is 19.7 Å². The number of aliphatic carboxylic acids is 1. The van der Waals surface area contributed by atoms with Gasteiger partial charge in [0.05, 0.1) is 21.8 Å². The lowest BCUT2D eigenvalue weighted by Crippen LogP contribution is -2.31. The lowest BCUT2D eigenvalue weighted by molar-refractivity contribution is -0.138. The zero-order chi connectivity index (χ0) is 17.8. The summed E-state index contributed by atoms with van der Waals surface area (Å²) in [6.07, 6.45) is -1.03. The first-order chi connectivity index (χ1) is 10.5. The molecule has 0 amide bonds. The van der Waals surface area contributed by atoms with Gasteiger partial charge >= 0.3 is 5.97 Å². The largest absolute Gasteiger partial charge is 0.489 e. The highest BCUT2D eigenvalue weighted by Gasteiger charge is 2.28. The number of benzene rings is 1. The third kappa shape index (κ3) is 6.30. The predicted octanol–water partition coefficient (Wildman–Crippen LogP) is 4.11. The highest BCUT2D eigenvalue weighted by Crippen LogP contribution is 2.35. The number of hydrogen-bond acceptors (Lipinski definition) is 5. The Balaban J connectivity index is 2.78. The van der Waals surface area contributed by atoms with E-state index in [-0.39, 0.29) is 11.9 Å². The molecule has 1 rings (SSSR count). The van der Waals surface area contributed by atoms with E-state index in [0.29, 0.717) is 21.5 Å². The van der Waals surface area contributed by atoms with Crippen molar-refractivity contribution in [1.82, 2.24) is 0 Å². The molecular weight excluding hydrogens is 361 g/mol. The molecule has 8 heteroatoms. The number of carboxylic acids is 1. The van der Waals surface area contributed by atoms with Gasteiger partial charge in [-0.1, -0.05) is 23.2 Å². The molecule has 0 fully saturated rings.